The third-order valence-electron chi connectivity index (χ3n) is 3.54. The maximum absolute atomic E-state index is 5.74. The first-order chi connectivity index (χ1) is 12.1. The first-order valence-corrected chi connectivity index (χ1v) is 8.67. The van der Waals surface area contributed by atoms with Crippen LogP contribution in [0.25, 0.3) is 11.2 Å². The molecule has 8 nitrogen and oxygen atoms in total. The van der Waals surface area contributed by atoms with Gasteiger partial charge in [-0.25, -0.2) is 9.97 Å². The van der Waals surface area contributed by atoms with Crippen LogP contribution in [0.15, 0.2) is 29.6 Å². The number of anilines is 2. The zero-order valence-corrected chi connectivity index (χ0v) is 15.1. The Morgan fingerprint density at radius 2 is 2.04 bits per heavy atom. The van der Waals surface area contributed by atoms with Gasteiger partial charge in [-0.3, -0.25) is 0 Å². The van der Waals surface area contributed by atoms with Gasteiger partial charge in [0.1, 0.15) is 10.5 Å². The van der Waals surface area contributed by atoms with Crippen molar-refractivity contribution in [3.8, 4) is 11.5 Å². The van der Waals surface area contributed by atoms with E-state index in [0.29, 0.717) is 17.1 Å². The molecule has 9 heteroatoms. The number of fused-ring (bicyclic) bond motifs is 1. The Morgan fingerprint density at radius 3 is 2.80 bits per heavy atom. The van der Waals surface area contributed by atoms with Crippen LogP contribution in [0.4, 0.5) is 11.6 Å². The van der Waals surface area contributed by atoms with Gasteiger partial charge in [-0.05, 0) is 19.1 Å². The maximum Gasteiger partial charge on any atom is 0.223 e. The van der Waals surface area contributed by atoms with E-state index in [4.69, 9.17) is 15.2 Å². The number of ether oxygens (including phenoxy) is 2. The predicted molar refractivity (Wildman–Crippen MR) is 99.5 cm³/mol. The molecule has 0 aliphatic rings. The second-order valence-electron chi connectivity index (χ2n) is 5.41. The van der Waals surface area contributed by atoms with Crippen LogP contribution in [0, 0.1) is 0 Å². The normalized spacial score (nSPS) is 12.1. The van der Waals surface area contributed by atoms with Gasteiger partial charge in [-0.1, -0.05) is 0 Å². The summed E-state index contributed by atoms with van der Waals surface area (Å²) in [4.78, 5) is 15.6. The summed E-state index contributed by atoms with van der Waals surface area (Å²) in [7, 11) is 3.24. The molecule has 0 bridgehead atoms. The molecule has 0 aliphatic carbocycles. The summed E-state index contributed by atoms with van der Waals surface area (Å²) in [6.45, 7) is 2.10. The molecule has 0 fully saturated rings. The van der Waals surface area contributed by atoms with Gasteiger partial charge >= 0.3 is 0 Å². The third-order valence-corrected chi connectivity index (χ3v) is 4.77. The number of nitrogen functional groups attached to an aromatic ring is 1. The Balaban J connectivity index is 1.66. The van der Waals surface area contributed by atoms with E-state index in [1.165, 1.54) is 0 Å². The van der Waals surface area contributed by atoms with Gasteiger partial charge < -0.3 is 25.5 Å². The summed E-state index contributed by atoms with van der Waals surface area (Å²) in [6.07, 6.45) is 1.59. The Bertz CT molecular complexity index is 869. The summed E-state index contributed by atoms with van der Waals surface area (Å²) in [5.74, 6) is 2.41. The molecule has 2 heterocycles. The van der Waals surface area contributed by atoms with E-state index in [0.717, 1.165) is 22.0 Å². The highest BCUT2D eigenvalue weighted by atomic mass is 32.2. The Hall–Kier alpha value is -2.68. The van der Waals surface area contributed by atoms with Crippen LogP contribution < -0.4 is 20.5 Å². The number of hydrogen-bond donors (Lipinski definition) is 3. The first kappa shape index (κ1) is 17.2. The zero-order chi connectivity index (χ0) is 17.8. The molecule has 0 unspecified atom stereocenters. The fourth-order valence-corrected chi connectivity index (χ4v) is 3.33. The highest BCUT2D eigenvalue weighted by molar-refractivity contribution is 7.99. The van der Waals surface area contributed by atoms with Crippen molar-refractivity contribution in [2.75, 3.05) is 31.0 Å². The lowest BCUT2D eigenvalue weighted by atomic mass is 10.2. The van der Waals surface area contributed by atoms with Gasteiger partial charge in [0.15, 0.2) is 17.1 Å². The number of imidazole rings is 1. The number of hydrogen-bond acceptors (Lipinski definition) is 8. The van der Waals surface area contributed by atoms with Gasteiger partial charge in [-0.2, -0.15) is 4.98 Å². The highest BCUT2D eigenvalue weighted by Gasteiger charge is 2.12. The lowest BCUT2D eigenvalue weighted by Crippen LogP contribution is -2.18. The first-order valence-electron chi connectivity index (χ1n) is 7.68. The monoisotopic (exact) mass is 360 g/mol. The number of thioether (sulfide) groups is 1. The molecule has 4 N–H and O–H groups in total. The van der Waals surface area contributed by atoms with Crippen LogP contribution in [0.3, 0.4) is 0 Å². The van der Waals surface area contributed by atoms with Crippen LogP contribution in [0.2, 0.25) is 0 Å². The van der Waals surface area contributed by atoms with E-state index in [2.05, 4.69) is 32.2 Å². The fourth-order valence-electron chi connectivity index (χ4n) is 2.38. The van der Waals surface area contributed by atoms with Crippen molar-refractivity contribution in [2.24, 2.45) is 0 Å². The number of rotatable bonds is 7. The van der Waals surface area contributed by atoms with E-state index in [9.17, 15) is 0 Å². The molecular formula is C16H20N6O2S. The minimum atomic E-state index is 0.192. The molecule has 1 aromatic carbocycles. The van der Waals surface area contributed by atoms with Crippen molar-refractivity contribution in [2.45, 2.75) is 18.0 Å². The molecule has 0 radical (unpaired) electrons. The minimum Gasteiger partial charge on any atom is -0.493 e. The summed E-state index contributed by atoms with van der Waals surface area (Å²) in [5.41, 5.74) is 8.08. The molecule has 132 valence electrons. The molecule has 0 spiro atoms. The number of benzene rings is 1. The summed E-state index contributed by atoms with van der Waals surface area (Å²) >= 11 is 1.59. The standard InChI is InChI=1S/C16H20N6O2S/c1-9(20-10-4-5-11(23-2)12(6-10)24-3)7-25-15-13-14(19-8-18-13)21-16(17)22-15/h4-6,8-9,20H,7H2,1-3H3,(H3,17,18,19,21,22)/t9-/m0/s1. The van der Waals surface area contributed by atoms with Gasteiger partial charge in [0, 0.05) is 23.5 Å². The van der Waals surface area contributed by atoms with E-state index in [1.54, 1.807) is 32.3 Å². The Labute approximate surface area is 149 Å². The average molecular weight is 360 g/mol. The number of aromatic nitrogens is 4. The number of methoxy groups -OCH3 is 2. The van der Waals surface area contributed by atoms with Crippen molar-refractivity contribution in [1.29, 1.82) is 0 Å². The predicted octanol–water partition coefficient (Wildman–Crippen LogP) is 2.55. The largest absolute Gasteiger partial charge is 0.493 e. The van der Waals surface area contributed by atoms with Crippen LogP contribution in [0.1, 0.15) is 6.92 Å². The second-order valence-corrected chi connectivity index (χ2v) is 6.42. The number of H-pyrrole nitrogens is 1. The van der Waals surface area contributed by atoms with E-state index < -0.39 is 0 Å². The van der Waals surface area contributed by atoms with Crippen molar-refractivity contribution >= 4 is 34.6 Å². The molecule has 3 rings (SSSR count). The van der Waals surface area contributed by atoms with Crippen molar-refractivity contribution in [1.82, 2.24) is 19.9 Å². The van der Waals surface area contributed by atoms with E-state index in [-0.39, 0.29) is 12.0 Å². The van der Waals surface area contributed by atoms with Crippen LogP contribution in [-0.2, 0) is 0 Å². The molecule has 25 heavy (non-hydrogen) atoms. The number of nitrogens with two attached hydrogens (primary N) is 1. The Morgan fingerprint density at radius 1 is 1.24 bits per heavy atom. The SMILES string of the molecule is COc1ccc(N[C@@H](C)CSc2nc(N)nc3nc[nH]c23)cc1OC. The van der Waals surface area contributed by atoms with Gasteiger partial charge in [0.25, 0.3) is 0 Å². The molecule has 0 aliphatic heterocycles. The highest BCUT2D eigenvalue weighted by Crippen LogP contribution is 2.30. The molecule has 0 saturated carbocycles. The fraction of sp³-hybridized carbons (Fsp3) is 0.312. The number of nitrogens with one attached hydrogen (secondary N) is 2. The molecule has 0 amide bonds. The van der Waals surface area contributed by atoms with Crippen LogP contribution >= 0.6 is 11.8 Å². The van der Waals surface area contributed by atoms with Gasteiger partial charge in [0.05, 0.1) is 20.5 Å². The minimum absolute atomic E-state index is 0.192. The van der Waals surface area contributed by atoms with Crippen LogP contribution in [0.5, 0.6) is 11.5 Å². The topological polar surface area (TPSA) is 111 Å². The summed E-state index contributed by atoms with van der Waals surface area (Å²) in [5, 5.41) is 4.23. The van der Waals surface area contributed by atoms with Crippen molar-refractivity contribution < 1.29 is 9.47 Å². The van der Waals surface area contributed by atoms with Gasteiger partial charge in [-0.15, -0.1) is 11.8 Å². The maximum atomic E-state index is 5.74. The lowest BCUT2D eigenvalue weighted by molar-refractivity contribution is 0.355. The lowest BCUT2D eigenvalue weighted by Gasteiger charge is -2.16. The molecular weight excluding hydrogens is 340 g/mol. The van der Waals surface area contributed by atoms with E-state index >= 15 is 0 Å². The average Bonchev–Trinajstić information content (AvgIpc) is 3.07. The smallest absolute Gasteiger partial charge is 0.223 e. The molecule has 1 atom stereocenters. The Kier molecular flexibility index (Phi) is 5.13. The zero-order valence-electron chi connectivity index (χ0n) is 14.2. The third kappa shape index (κ3) is 3.87. The molecule has 2 aromatic heterocycles. The molecule has 3 aromatic rings. The van der Waals surface area contributed by atoms with E-state index in [1.807, 2.05) is 18.2 Å². The second kappa shape index (κ2) is 7.47. The number of nitrogens with zero attached hydrogens (tertiary/aromatic N) is 3. The van der Waals surface area contributed by atoms with Crippen LogP contribution in [-0.4, -0.2) is 46.0 Å². The molecule has 0 saturated heterocycles. The summed E-state index contributed by atoms with van der Waals surface area (Å²) < 4.78 is 10.6. The van der Waals surface area contributed by atoms with Crippen molar-refractivity contribution in [3.05, 3.63) is 24.5 Å². The van der Waals surface area contributed by atoms with Gasteiger partial charge in [0.2, 0.25) is 5.95 Å². The van der Waals surface area contributed by atoms with Crippen molar-refractivity contribution in [3.63, 3.8) is 0 Å². The quantitative estimate of drug-likeness (QED) is 0.435. The summed E-state index contributed by atoms with van der Waals surface area (Å²) in [6, 6.07) is 5.94. The number of aromatic amines is 1.